The highest BCUT2D eigenvalue weighted by atomic mass is 35.5. The van der Waals surface area contributed by atoms with E-state index >= 15 is 0 Å². The molecule has 1 aromatic rings. The lowest BCUT2D eigenvalue weighted by Crippen LogP contribution is -2.36. The van der Waals surface area contributed by atoms with Gasteiger partial charge < -0.3 is 0 Å². The van der Waals surface area contributed by atoms with Crippen molar-refractivity contribution in [2.75, 3.05) is 5.88 Å². The van der Waals surface area contributed by atoms with Crippen molar-refractivity contribution in [3.05, 3.63) is 35.4 Å². The van der Waals surface area contributed by atoms with Crippen LogP contribution in [0.4, 0.5) is 0 Å². The molecule has 0 aliphatic rings. The monoisotopic (exact) mass is 254 g/mol. The predicted octanol–water partition coefficient (Wildman–Crippen LogP) is 3.20. The number of hydrogen-bond donors (Lipinski definition) is 2. The third-order valence-electron chi connectivity index (χ3n) is 3.05. The summed E-state index contributed by atoms with van der Waals surface area (Å²) in [6.07, 6.45) is 2.98. The number of nitrogens with two attached hydrogens (primary N) is 1. The van der Waals surface area contributed by atoms with Crippen molar-refractivity contribution in [2.45, 2.75) is 45.1 Å². The van der Waals surface area contributed by atoms with Crippen molar-refractivity contribution >= 4 is 11.6 Å². The molecule has 3 N–H and O–H groups in total. The Labute approximate surface area is 110 Å². The van der Waals surface area contributed by atoms with E-state index in [-0.39, 0.29) is 0 Å². The van der Waals surface area contributed by atoms with Crippen LogP contribution in [0.1, 0.15) is 43.7 Å². The Morgan fingerprint density at radius 2 is 1.88 bits per heavy atom. The molecule has 0 saturated heterocycles. The summed E-state index contributed by atoms with van der Waals surface area (Å²) in [6, 6.07) is 9.11. The molecule has 96 valence electrons. The first-order valence-electron chi connectivity index (χ1n) is 6.28. The minimum Gasteiger partial charge on any atom is -0.271 e. The van der Waals surface area contributed by atoms with Crippen LogP contribution in [-0.4, -0.2) is 11.9 Å². The average molecular weight is 255 g/mol. The van der Waals surface area contributed by atoms with Gasteiger partial charge >= 0.3 is 0 Å². The summed E-state index contributed by atoms with van der Waals surface area (Å²) in [5.41, 5.74) is 5.57. The summed E-state index contributed by atoms with van der Waals surface area (Å²) >= 11 is 5.69. The van der Waals surface area contributed by atoms with Gasteiger partial charge in [0.15, 0.2) is 0 Å². The number of rotatable bonds is 7. The fourth-order valence-corrected chi connectivity index (χ4v) is 2.05. The van der Waals surface area contributed by atoms with Crippen LogP contribution < -0.4 is 11.3 Å². The lowest BCUT2D eigenvalue weighted by Gasteiger charge is -2.15. The summed E-state index contributed by atoms with van der Waals surface area (Å²) in [7, 11) is 0. The van der Waals surface area contributed by atoms with E-state index in [2.05, 4.69) is 43.5 Å². The van der Waals surface area contributed by atoms with Gasteiger partial charge in [-0.2, -0.15) is 0 Å². The summed E-state index contributed by atoms with van der Waals surface area (Å²) in [5, 5.41) is 0. The van der Waals surface area contributed by atoms with Crippen LogP contribution in [0, 0.1) is 0 Å². The molecule has 1 unspecified atom stereocenters. The van der Waals surface area contributed by atoms with Gasteiger partial charge in [-0.25, -0.2) is 0 Å². The van der Waals surface area contributed by atoms with Crippen LogP contribution in [0.2, 0.25) is 0 Å². The summed E-state index contributed by atoms with van der Waals surface area (Å²) in [6.45, 7) is 4.42. The SMILES string of the molecule is CC(C)c1ccc(CC(CCCCl)NN)cc1. The Bertz CT molecular complexity index is 309. The number of alkyl halides is 1. The highest BCUT2D eigenvalue weighted by molar-refractivity contribution is 6.17. The molecule has 0 aliphatic carbocycles. The maximum atomic E-state index is 5.69. The quantitative estimate of drug-likeness (QED) is 0.446. The molecular weight excluding hydrogens is 232 g/mol. The molecule has 0 bridgehead atoms. The van der Waals surface area contributed by atoms with E-state index in [0.29, 0.717) is 17.8 Å². The third-order valence-corrected chi connectivity index (χ3v) is 3.32. The highest BCUT2D eigenvalue weighted by Crippen LogP contribution is 2.16. The Morgan fingerprint density at radius 3 is 2.35 bits per heavy atom. The minimum atomic E-state index is 0.318. The van der Waals surface area contributed by atoms with Crippen molar-refractivity contribution in [3.8, 4) is 0 Å². The van der Waals surface area contributed by atoms with E-state index in [1.165, 1.54) is 11.1 Å². The fourth-order valence-electron chi connectivity index (χ4n) is 1.89. The predicted molar refractivity (Wildman–Crippen MR) is 75.3 cm³/mol. The zero-order chi connectivity index (χ0) is 12.7. The third kappa shape index (κ3) is 5.07. The number of nitrogens with one attached hydrogen (secondary N) is 1. The molecule has 17 heavy (non-hydrogen) atoms. The van der Waals surface area contributed by atoms with Crippen LogP contribution in [0.3, 0.4) is 0 Å². The number of benzene rings is 1. The molecule has 0 aromatic heterocycles. The second kappa shape index (κ2) is 7.70. The Hall–Kier alpha value is -0.570. The molecule has 0 amide bonds. The van der Waals surface area contributed by atoms with E-state index in [4.69, 9.17) is 17.4 Å². The zero-order valence-corrected chi connectivity index (χ0v) is 11.5. The molecule has 3 heteroatoms. The summed E-state index contributed by atoms with van der Waals surface area (Å²) < 4.78 is 0. The number of halogens is 1. The maximum absolute atomic E-state index is 5.69. The van der Waals surface area contributed by atoms with Crippen molar-refractivity contribution in [1.82, 2.24) is 5.43 Å². The van der Waals surface area contributed by atoms with E-state index < -0.39 is 0 Å². The van der Waals surface area contributed by atoms with Gasteiger partial charge in [-0.1, -0.05) is 38.1 Å². The lowest BCUT2D eigenvalue weighted by atomic mass is 9.98. The maximum Gasteiger partial charge on any atom is 0.0251 e. The molecule has 1 rings (SSSR count). The van der Waals surface area contributed by atoms with Crippen molar-refractivity contribution < 1.29 is 0 Å². The first-order valence-corrected chi connectivity index (χ1v) is 6.81. The lowest BCUT2D eigenvalue weighted by molar-refractivity contribution is 0.487. The second-order valence-electron chi connectivity index (χ2n) is 4.80. The van der Waals surface area contributed by atoms with E-state index in [9.17, 15) is 0 Å². The molecule has 0 fully saturated rings. The first kappa shape index (κ1) is 14.5. The Kier molecular flexibility index (Phi) is 6.56. The van der Waals surface area contributed by atoms with E-state index in [1.54, 1.807) is 0 Å². The minimum absolute atomic E-state index is 0.318. The van der Waals surface area contributed by atoms with Gasteiger partial charge in [0.2, 0.25) is 0 Å². The Morgan fingerprint density at radius 1 is 1.24 bits per heavy atom. The molecule has 1 atom stereocenters. The van der Waals surface area contributed by atoms with Gasteiger partial charge in [-0.3, -0.25) is 11.3 Å². The van der Waals surface area contributed by atoms with Crippen LogP contribution in [0.25, 0.3) is 0 Å². The van der Waals surface area contributed by atoms with Gasteiger partial charge in [-0.05, 0) is 36.3 Å². The zero-order valence-electron chi connectivity index (χ0n) is 10.7. The first-order chi connectivity index (χ1) is 8.17. The number of hydrogen-bond acceptors (Lipinski definition) is 2. The van der Waals surface area contributed by atoms with E-state index in [1.807, 2.05) is 0 Å². The van der Waals surface area contributed by atoms with Crippen LogP contribution >= 0.6 is 11.6 Å². The largest absolute Gasteiger partial charge is 0.271 e. The van der Waals surface area contributed by atoms with Crippen molar-refractivity contribution in [1.29, 1.82) is 0 Å². The highest BCUT2D eigenvalue weighted by Gasteiger charge is 2.07. The van der Waals surface area contributed by atoms with Crippen LogP contribution in [-0.2, 0) is 6.42 Å². The summed E-state index contributed by atoms with van der Waals surface area (Å²) in [4.78, 5) is 0. The molecule has 0 heterocycles. The van der Waals surface area contributed by atoms with Gasteiger partial charge in [0.05, 0.1) is 0 Å². The molecule has 1 aromatic carbocycles. The molecule has 0 saturated carbocycles. The van der Waals surface area contributed by atoms with Gasteiger partial charge in [0, 0.05) is 11.9 Å². The van der Waals surface area contributed by atoms with Gasteiger partial charge in [0.25, 0.3) is 0 Å². The van der Waals surface area contributed by atoms with Crippen molar-refractivity contribution in [2.24, 2.45) is 5.84 Å². The normalized spacial score (nSPS) is 13.0. The fraction of sp³-hybridized carbons (Fsp3) is 0.571. The topological polar surface area (TPSA) is 38.0 Å². The Balaban J connectivity index is 2.54. The van der Waals surface area contributed by atoms with Crippen molar-refractivity contribution in [3.63, 3.8) is 0 Å². The van der Waals surface area contributed by atoms with E-state index in [0.717, 1.165) is 19.3 Å². The molecular formula is C14H23ClN2. The molecule has 0 aliphatic heterocycles. The second-order valence-corrected chi connectivity index (χ2v) is 5.17. The molecule has 2 nitrogen and oxygen atoms in total. The standard InChI is InChI=1S/C14H23ClN2/c1-11(2)13-7-5-12(6-8-13)10-14(17-16)4-3-9-15/h5-8,11,14,17H,3-4,9-10,16H2,1-2H3. The van der Waals surface area contributed by atoms with Gasteiger partial charge in [-0.15, -0.1) is 11.6 Å². The molecule has 0 spiro atoms. The summed E-state index contributed by atoms with van der Waals surface area (Å²) in [5.74, 6) is 6.83. The van der Waals surface area contributed by atoms with Gasteiger partial charge in [0.1, 0.15) is 0 Å². The number of hydrazine groups is 1. The smallest absolute Gasteiger partial charge is 0.0251 e. The van der Waals surface area contributed by atoms with Crippen LogP contribution in [0.5, 0.6) is 0 Å². The molecule has 0 radical (unpaired) electrons. The average Bonchev–Trinajstić information content (AvgIpc) is 2.35. The van der Waals surface area contributed by atoms with Crippen LogP contribution in [0.15, 0.2) is 24.3 Å².